The molecule has 0 radical (unpaired) electrons. The van der Waals surface area contributed by atoms with Crippen LogP contribution in [-0.2, 0) is 44.4 Å². The van der Waals surface area contributed by atoms with Crippen LogP contribution in [0.15, 0.2) is 84.9 Å². The highest BCUT2D eigenvalue weighted by atomic mass is 35.5. The highest BCUT2D eigenvalue weighted by Gasteiger charge is 2.23. The molecule has 4 aromatic carbocycles. The van der Waals surface area contributed by atoms with Gasteiger partial charge in [-0.05, 0) is 97.2 Å². The molecule has 2 aliphatic rings. The lowest BCUT2D eigenvalue weighted by atomic mass is 10.0. The van der Waals surface area contributed by atoms with E-state index in [2.05, 4.69) is 46.2 Å². The van der Waals surface area contributed by atoms with Crippen molar-refractivity contribution in [2.75, 3.05) is 36.1 Å². The molecule has 2 aliphatic heterocycles. The first kappa shape index (κ1) is 30.0. The Labute approximate surface area is 264 Å². The highest BCUT2D eigenvalue weighted by Crippen LogP contribution is 2.39. The first-order valence-electron chi connectivity index (χ1n) is 14.7. The summed E-state index contributed by atoms with van der Waals surface area (Å²) in [4.78, 5) is 4.42. The summed E-state index contributed by atoms with van der Waals surface area (Å²) in [6.45, 7) is 1.19. The molecule has 0 saturated carbocycles. The minimum atomic E-state index is -4.14. The van der Waals surface area contributed by atoms with E-state index in [1.54, 1.807) is 0 Å². The molecule has 0 fully saturated rings. The monoisotopic (exact) mass is 636 g/mol. The van der Waals surface area contributed by atoms with Gasteiger partial charge in [0.25, 0.3) is 0 Å². The van der Waals surface area contributed by atoms with Crippen molar-refractivity contribution in [2.24, 2.45) is 0 Å². The number of halogens is 2. The van der Waals surface area contributed by atoms with Gasteiger partial charge in [-0.15, -0.1) is 0 Å². The van der Waals surface area contributed by atoms with E-state index in [1.807, 2.05) is 48.5 Å². The molecule has 0 aromatic heterocycles. The van der Waals surface area contributed by atoms with Crippen molar-refractivity contribution in [3.05, 3.63) is 117 Å². The van der Waals surface area contributed by atoms with E-state index in [1.165, 1.54) is 22.3 Å². The zero-order valence-electron chi connectivity index (χ0n) is 23.8. The lowest BCUT2D eigenvalue weighted by Gasteiger charge is -2.27. The SMILES string of the molecule is O=S(=O)(OCCCN1c2ccccc2CCc2ccc(Cl)cc21)OCCCN1c2ccccc2CCc2ccc(Cl)cc21. The molecular weight excluding hydrogens is 603 g/mol. The number of hydrogen-bond donors (Lipinski definition) is 0. The van der Waals surface area contributed by atoms with Gasteiger partial charge in [0.05, 0.1) is 13.2 Å². The Morgan fingerprint density at radius 2 is 0.953 bits per heavy atom. The van der Waals surface area contributed by atoms with E-state index in [0.29, 0.717) is 36.0 Å². The molecule has 0 unspecified atom stereocenters. The van der Waals surface area contributed by atoms with Gasteiger partial charge in [0.2, 0.25) is 0 Å². The maximum atomic E-state index is 12.6. The Balaban J connectivity index is 1.05. The van der Waals surface area contributed by atoms with Crippen molar-refractivity contribution in [1.29, 1.82) is 0 Å². The second-order valence-corrected chi connectivity index (χ2v) is 13.0. The average Bonchev–Trinajstić information content (AvgIpc) is 3.25. The van der Waals surface area contributed by atoms with Gasteiger partial charge in [0.15, 0.2) is 0 Å². The van der Waals surface area contributed by atoms with E-state index in [-0.39, 0.29) is 13.2 Å². The lowest BCUT2D eigenvalue weighted by Crippen LogP contribution is -2.23. The molecule has 9 heteroatoms. The predicted molar refractivity (Wildman–Crippen MR) is 175 cm³/mol. The van der Waals surface area contributed by atoms with Crippen LogP contribution in [0.3, 0.4) is 0 Å². The van der Waals surface area contributed by atoms with Gasteiger partial charge in [-0.3, -0.25) is 0 Å². The molecular formula is C34H34Cl2N2O4S. The third-order valence-electron chi connectivity index (χ3n) is 8.08. The van der Waals surface area contributed by atoms with Crippen molar-refractivity contribution in [3.8, 4) is 0 Å². The summed E-state index contributed by atoms with van der Waals surface area (Å²) in [5, 5.41) is 1.34. The van der Waals surface area contributed by atoms with Crippen LogP contribution in [0.4, 0.5) is 22.7 Å². The third kappa shape index (κ3) is 7.03. The van der Waals surface area contributed by atoms with E-state index < -0.39 is 10.4 Å². The van der Waals surface area contributed by atoms with Crippen molar-refractivity contribution in [1.82, 2.24) is 0 Å². The molecule has 0 saturated heterocycles. The summed E-state index contributed by atoms with van der Waals surface area (Å²) >= 11 is 12.7. The molecule has 2 heterocycles. The Morgan fingerprint density at radius 3 is 1.40 bits per heavy atom. The van der Waals surface area contributed by atoms with Crippen molar-refractivity contribution in [2.45, 2.75) is 38.5 Å². The molecule has 224 valence electrons. The van der Waals surface area contributed by atoms with Crippen molar-refractivity contribution in [3.63, 3.8) is 0 Å². The topological polar surface area (TPSA) is 59.1 Å². The number of aryl methyl sites for hydroxylation is 4. The number of fused-ring (bicyclic) bond motifs is 4. The molecule has 4 aromatic rings. The predicted octanol–water partition coefficient (Wildman–Crippen LogP) is 8.23. The second kappa shape index (κ2) is 13.3. The first-order valence-corrected chi connectivity index (χ1v) is 16.8. The number of nitrogens with zero attached hydrogens (tertiary/aromatic N) is 2. The molecule has 6 rings (SSSR count). The van der Waals surface area contributed by atoms with E-state index in [9.17, 15) is 8.42 Å². The van der Waals surface area contributed by atoms with Gasteiger partial charge in [0.1, 0.15) is 0 Å². The van der Waals surface area contributed by atoms with Crippen LogP contribution in [0.5, 0.6) is 0 Å². The van der Waals surface area contributed by atoms with E-state index >= 15 is 0 Å². The Bertz CT molecular complexity index is 1590. The number of benzene rings is 4. The van der Waals surface area contributed by atoms with E-state index in [4.69, 9.17) is 31.6 Å². The molecule has 43 heavy (non-hydrogen) atoms. The largest absolute Gasteiger partial charge is 0.399 e. The average molecular weight is 638 g/mol. The van der Waals surface area contributed by atoms with Gasteiger partial charge in [-0.25, -0.2) is 8.37 Å². The summed E-state index contributed by atoms with van der Waals surface area (Å²) in [6.07, 6.45) is 4.68. The van der Waals surface area contributed by atoms with Crippen LogP contribution in [0.1, 0.15) is 35.1 Å². The molecule has 0 aliphatic carbocycles. The summed E-state index contributed by atoms with van der Waals surface area (Å²) in [5.41, 5.74) is 9.26. The van der Waals surface area contributed by atoms with Gasteiger partial charge >= 0.3 is 10.4 Å². The Hall–Kier alpha value is -3.07. The number of rotatable bonds is 10. The molecule has 0 spiro atoms. The molecule has 0 bridgehead atoms. The minimum Gasteiger partial charge on any atom is -0.341 e. The Kier molecular flexibility index (Phi) is 9.26. The summed E-state index contributed by atoms with van der Waals surface area (Å²) in [5.74, 6) is 0. The highest BCUT2D eigenvalue weighted by molar-refractivity contribution is 7.81. The smallest absolute Gasteiger partial charge is 0.341 e. The van der Waals surface area contributed by atoms with Crippen LogP contribution in [0.2, 0.25) is 10.0 Å². The Morgan fingerprint density at radius 1 is 0.558 bits per heavy atom. The fourth-order valence-corrected chi connectivity index (χ4v) is 7.10. The fourth-order valence-electron chi connectivity index (χ4n) is 6.05. The zero-order valence-corrected chi connectivity index (χ0v) is 26.2. The van der Waals surface area contributed by atoms with Crippen LogP contribution in [-0.4, -0.2) is 34.7 Å². The molecule has 6 nitrogen and oxygen atoms in total. The zero-order chi connectivity index (χ0) is 29.8. The standard InChI is InChI=1S/C34H34Cl2N2O4S/c35-29-17-15-27-13-11-25-7-1-3-9-31(25)37(33(27)23-29)19-5-21-41-43(39,40)42-22-6-20-38-32-10-4-2-8-26(32)12-14-28-16-18-30(36)24-34(28)38/h1-4,7-10,15-18,23-24H,5-6,11-14,19-22H2. The molecule has 0 atom stereocenters. The summed E-state index contributed by atoms with van der Waals surface area (Å²) in [7, 11) is -4.14. The van der Waals surface area contributed by atoms with Crippen LogP contribution in [0.25, 0.3) is 0 Å². The minimum absolute atomic E-state index is 0.0161. The fraction of sp³-hybridized carbons (Fsp3) is 0.294. The van der Waals surface area contributed by atoms with Gasteiger partial charge in [-0.2, -0.15) is 8.42 Å². The number of anilines is 4. The van der Waals surface area contributed by atoms with Crippen molar-refractivity contribution < 1.29 is 16.8 Å². The summed E-state index contributed by atoms with van der Waals surface area (Å²) < 4.78 is 35.8. The second-order valence-electron chi connectivity index (χ2n) is 10.9. The maximum Gasteiger partial charge on any atom is 0.399 e. The molecule has 0 N–H and O–H groups in total. The quantitative estimate of drug-likeness (QED) is 0.163. The van der Waals surface area contributed by atoms with Crippen molar-refractivity contribution >= 4 is 56.4 Å². The lowest BCUT2D eigenvalue weighted by molar-refractivity contribution is 0.212. The molecule has 0 amide bonds. The van der Waals surface area contributed by atoms with Gasteiger partial charge < -0.3 is 9.80 Å². The van der Waals surface area contributed by atoms with Crippen LogP contribution in [0, 0.1) is 0 Å². The maximum absolute atomic E-state index is 12.6. The van der Waals surface area contributed by atoms with Crippen LogP contribution < -0.4 is 9.80 Å². The number of para-hydroxylation sites is 2. The third-order valence-corrected chi connectivity index (χ3v) is 9.46. The van der Waals surface area contributed by atoms with Crippen LogP contribution >= 0.6 is 23.2 Å². The first-order chi connectivity index (χ1) is 20.9. The van der Waals surface area contributed by atoms with E-state index in [0.717, 1.165) is 48.4 Å². The summed E-state index contributed by atoms with van der Waals surface area (Å²) in [6, 6.07) is 28.6. The van der Waals surface area contributed by atoms with Gasteiger partial charge in [0, 0.05) is 45.9 Å². The normalized spacial score (nSPS) is 14.3. The van der Waals surface area contributed by atoms with Gasteiger partial charge in [-0.1, -0.05) is 71.7 Å². The number of hydrogen-bond acceptors (Lipinski definition) is 6.